The molecule has 16 nitrogen and oxygen atoms in total. The highest BCUT2D eigenvalue weighted by Crippen LogP contribution is 2.54. The Labute approximate surface area is 376 Å². The van der Waals surface area contributed by atoms with E-state index in [0.29, 0.717) is 13.1 Å². The van der Waals surface area contributed by atoms with Gasteiger partial charge < -0.3 is 49.4 Å². The van der Waals surface area contributed by atoms with E-state index in [-0.39, 0.29) is 44.7 Å². The van der Waals surface area contributed by atoms with Crippen LogP contribution in [0.2, 0.25) is 0 Å². The molecular weight excluding hydrogens is 827 g/mol. The van der Waals surface area contributed by atoms with Gasteiger partial charge in [-0.3, -0.25) is 24.2 Å². The molecule has 0 spiro atoms. The van der Waals surface area contributed by atoms with Crippen LogP contribution in [0.4, 0.5) is 5.69 Å². The lowest BCUT2D eigenvalue weighted by molar-refractivity contribution is -0.160. The summed E-state index contributed by atoms with van der Waals surface area (Å²) in [5, 5.41) is 52.3. The van der Waals surface area contributed by atoms with Gasteiger partial charge in [0.2, 0.25) is 0 Å². The Hall–Kier alpha value is -5.16. The number of nitrogens with zero attached hydrogens (tertiary/aromatic N) is 2. The second-order valence-corrected chi connectivity index (χ2v) is 17.3. The first kappa shape index (κ1) is 51.5. The van der Waals surface area contributed by atoms with Crippen molar-refractivity contribution in [1.82, 2.24) is 10.0 Å². The Balaban J connectivity index is 1.91. The number of carbonyl (C=O) groups is 4. The van der Waals surface area contributed by atoms with Crippen molar-refractivity contribution >= 4 is 40.0 Å². The van der Waals surface area contributed by atoms with Crippen molar-refractivity contribution in [3.05, 3.63) is 53.3 Å². The lowest BCUT2D eigenvalue weighted by Crippen LogP contribution is -2.46. The van der Waals surface area contributed by atoms with Crippen LogP contribution in [0, 0.1) is 30.6 Å². The number of allylic oxidation sites excluding steroid dienone is 2. The fourth-order valence-corrected chi connectivity index (χ4v) is 8.23. The van der Waals surface area contributed by atoms with Gasteiger partial charge in [0.15, 0.2) is 12.4 Å². The molecule has 3 aliphatic rings. The molecule has 354 valence electrons. The summed E-state index contributed by atoms with van der Waals surface area (Å²) in [6.07, 6.45) is 7.20. The molecule has 3 heterocycles. The van der Waals surface area contributed by atoms with Gasteiger partial charge in [0.05, 0.1) is 41.2 Å². The molecule has 64 heavy (non-hydrogen) atoms. The fraction of sp³-hybridized carbons (Fsp3) is 0.583. The average molecular weight is 896 g/mol. The third kappa shape index (κ3) is 11.2. The van der Waals surface area contributed by atoms with E-state index in [1.54, 1.807) is 46.9 Å². The summed E-state index contributed by atoms with van der Waals surface area (Å²) < 4.78 is 30.0. The first-order chi connectivity index (χ1) is 30.1. The minimum Gasteiger partial charge on any atom is -0.507 e. The van der Waals surface area contributed by atoms with Crippen LogP contribution in [0.1, 0.15) is 104 Å². The summed E-state index contributed by atoms with van der Waals surface area (Å²) in [7, 11) is 3.10. The molecule has 9 unspecified atom stereocenters. The number of amides is 2. The number of Topliss-reactive ketones (excluding diaryl/α,β-unsaturated/α-hetero) is 1. The standard InChI is InChI=1S/C48H69N3O13/c1-13-15-21-51(22-16-14-2)50(11)36(53)25-61-35-24-33-43(57)38-37(35)39-45(31(8)42(38)56)64-48(10,46(39)58)62-23-20-34(60-12)28(5)44(63-32(9)52)30(7)41(55)29(6)40(54)26(3)18-17-19-27(4)47(59)49-33/h17-20,23-24,26,28-30,34,40-41,44,54-57H,13-16,21-22,25H2,1-12H3,(H,49,59)/b18-17+,23-20+,27-19+. The third-order valence-corrected chi connectivity index (χ3v) is 12.5. The number of phenols is 2. The molecule has 3 aliphatic heterocycles. The normalized spacial score (nSPS) is 28.5. The number of likely N-dealkylation sites (N-methyl/N-ethyl adjacent to an activating group) is 1. The second kappa shape index (κ2) is 22.2. The number of esters is 1. The summed E-state index contributed by atoms with van der Waals surface area (Å²) >= 11 is 0. The van der Waals surface area contributed by atoms with Crippen molar-refractivity contribution in [3.63, 3.8) is 0 Å². The van der Waals surface area contributed by atoms with Crippen molar-refractivity contribution in [1.29, 1.82) is 0 Å². The topological polar surface area (TPSA) is 214 Å². The molecule has 16 heteroatoms. The smallest absolute Gasteiger partial charge is 0.312 e. The number of phenolic OH excluding ortho intramolecular Hbond substituents is 2. The molecule has 0 fully saturated rings. The molecule has 2 amide bonds. The quantitative estimate of drug-likeness (QED) is 0.0852. The molecule has 0 saturated carbocycles. The number of hydrogen-bond acceptors (Lipinski definition) is 14. The average Bonchev–Trinajstić information content (AvgIpc) is 3.53. The Kier molecular flexibility index (Phi) is 17.8. The summed E-state index contributed by atoms with van der Waals surface area (Å²) in [5.74, 6) is -8.10. The van der Waals surface area contributed by atoms with Gasteiger partial charge in [0.25, 0.3) is 17.6 Å². The van der Waals surface area contributed by atoms with E-state index in [1.807, 2.05) is 5.01 Å². The number of benzene rings is 2. The molecule has 2 aromatic rings. The Morgan fingerprint density at radius 3 is 2.16 bits per heavy atom. The summed E-state index contributed by atoms with van der Waals surface area (Å²) in [6, 6.07) is 1.28. The zero-order valence-electron chi connectivity index (χ0n) is 39.4. The molecule has 9 atom stereocenters. The highest BCUT2D eigenvalue weighted by molar-refractivity contribution is 6.21. The van der Waals surface area contributed by atoms with E-state index >= 15 is 0 Å². The van der Waals surface area contributed by atoms with Gasteiger partial charge >= 0.3 is 11.8 Å². The van der Waals surface area contributed by atoms with E-state index in [9.17, 15) is 39.6 Å². The van der Waals surface area contributed by atoms with Crippen LogP contribution >= 0.6 is 0 Å². The number of ether oxygens (including phenoxy) is 5. The summed E-state index contributed by atoms with van der Waals surface area (Å²) in [4.78, 5) is 54.5. The van der Waals surface area contributed by atoms with Crippen molar-refractivity contribution in [2.24, 2.45) is 23.7 Å². The predicted molar refractivity (Wildman–Crippen MR) is 242 cm³/mol. The van der Waals surface area contributed by atoms with Crippen LogP contribution in [-0.2, 0) is 28.6 Å². The lowest BCUT2D eigenvalue weighted by Gasteiger charge is -2.38. The van der Waals surface area contributed by atoms with Gasteiger partial charge in [0, 0.05) is 87.4 Å². The maximum Gasteiger partial charge on any atom is 0.312 e. The maximum atomic E-state index is 14.6. The van der Waals surface area contributed by atoms with Gasteiger partial charge in [-0.2, -0.15) is 0 Å². The van der Waals surface area contributed by atoms with Crippen LogP contribution in [0.25, 0.3) is 10.8 Å². The van der Waals surface area contributed by atoms with E-state index < -0.39 is 95.5 Å². The number of ketones is 1. The van der Waals surface area contributed by atoms with Gasteiger partial charge in [-0.05, 0) is 32.8 Å². The van der Waals surface area contributed by atoms with E-state index in [4.69, 9.17) is 23.7 Å². The molecular formula is C48H69N3O13. The summed E-state index contributed by atoms with van der Waals surface area (Å²) in [5.41, 5.74) is -0.0137. The summed E-state index contributed by atoms with van der Waals surface area (Å²) in [6.45, 7) is 17.5. The van der Waals surface area contributed by atoms with Gasteiger partial charge in [-0.1, -0.05) is 72.6 Å². The van der Waals surface area contributed by atoms with Crippen molar-refractivity contribution in [3.8, 4) is 23.0 Å². The third-order valence-electron chi connectivity index (χ3n) is 12.5. The number of aliphatic hydroxyl groups is 2. The van der Waals surface area contributed by atoms with E-state index in [0.717, 1.165) is 25.7 Å². The molecule has 0 radical (unpaired) electrons. The maximum absolute atomic E-state index is 14.6. The number of unbranched alkanes of at least 4 members (excludes halogenated alkanes) is 2. The zero-order valence-corrected chi connectivity index (χ0v) is 39.4. The number of rotatable bonds is 12. The highest BCUT2D eigenvalue weighted by atomic mass is 16.7. The Morgan fingerprint density at radius 1 is 0.922 bits per heavy atom. The van der Waals surface area contributed by atoms with Crippen molar-refractivity contribution in [2.45, 2.75) is 125 Å². The first-order valence-electron chi connectivity index (χ1n) is 22.2. The monoisotopic (exact) mass is 895 g/mol. The molecule has 5 rings (SSSR count). The largest absolute Gasteiger partial charge is 0.507 e. The van der Waals surface area contributed by atoms with Crippen LogP contribution in [0.15, 0.2) is 42.2 Å². The zero-order chi connectivity index (χ0) is 47.8. The van der Waals surface area contributed by atoms with Crippen LogP contribution in [-0.4, -0.2) is 118 Å². The minimum absolute atomic E-state index is 0.0586. The minimum atomic E-state index is -2.04. The van der Waals surface area contributed by atoms with E-state index in [2.05, 4.69) is 19.2 Å². The Bertz CT molecular complexity index is 2110. The second-order valence-electron chi connectivity index (χ2n) is 17.3. The number of nitrogens with one attached hydrogen (secondary N) is 1. The van der Waals surface area contributed by atoms with Crippen molar-refractivity contribution in [2.75, 3.05) is 39.2 Å². The van der Waals surface area contributed by atoms with Gasteiger partial charge in [-0.25, -0.2) is 5.01 Å². The number of anilines is 1. The van der Waals surface area contributed by atoms with Crippen LogP contribution in [0.5, 0.6) is 23.0 Å². The van der Waals surface area contributed by atoms with Crippen LogP contribution in [0.3, 0.4) is 0 Å². The van der Waals surface area contributed by atoms with E-state index in [1.165, 1.54) is 64.3 Å². The van der Waals surface area contributed by atoms with Gasteiger partial charge in [0.1, 0.15) is 23.4 Å². The SMILES string of the molecule is CCCCN(CCCC)N(C)C(=O)COc1cc2c(O)c3c(O)c(C)c4c(c13)C(=O)C(C)(O/C=C/C(OC)C(C)C(OC(C)=O)C(C)C(O)C(C)C(O)C(C)/C=C/C=C(\C)C(=O)N2)O4. The first-order valence-corrected chi connectivity index (χ1v) is 22.2. The molecule has 0 saturated heterocycles. The number of fused-ring (bicyclic) bond motifs is 14. The lowest BCUT2D eigenvalue weighted by atomic mass is 9.78. The molecule has 2 aromatic carbocycles. The number of hydrogen-bond donors (Lipinski definition) is 5. The number of carbonyl (C=O) groups excluding carboxylic acids is 4. The molecule has 5 N–H and O–H groups in total. The fourth-order valence-electron chi connectivity index (χ4n) is 8.23. The molecule has 0 aliphatic carbocycles. The van der Waals surface area contributed by atoms with Gasteiger partial charge in [-0.15, -0.1) is 0 Å². The number of aliphatic hydroxyl groups excluding tert-OH is 2. The number of hydrazine groups is 1. The van der Waals surface area contributed by atoms with Crippen molar-refractivity contribution < 1.29 is 63.3 Å². The molecule has 0 aromatic heterocycles. The van der Waals surface area contributed by atoms with Crippen LogP contribution < -0.4 is 14.8 Å². The predicted octanol–water partition coefficient (Wildman–Crippen LogP) is 6.70. The Morgan fingerprint density at radius 2 is 1.56 bits per heavy atom. The number of methoxy groups -OCH3 is 1. The molecule has 5 bridgehead atoms. The number of aromatic hydroxyl groups is 2. The highest BCUT2D eigenvalue weighted by Gasteiger charge is 2.50.